The van der Waals surface area contributed by atoms with Crippen molar-refractivity contribution in [2.45, 2.75) is 59.4 Å². The highest BCUT2D eigenvalue weighted by atomic mass is 28.4. The first-order valence-corrected chi connectivity index (χ1v) is 9.12. The molecular formula is C12H26OSi. The van der Waals surface area contributed by atoms with E-state index >= 15 is 0 Å². The van der Waals surface area contributed by atoms with Crippen LogP contribution in [0.2, 0.25) is 19.6 Å². The monoisotopic (exact) mass is 214 g/mol. The van der Waals surface area contributed by atoms with Crippen molar-refractivity contribution in [2.75, 3.05) is 0 Å². The molecule has 0 aromatic carbocycles. The summed E-state index contributed by atoms with van der Waals surface area (Å²) in [6.45, 7) is 13.3. The zero-order valence-corrected chi connectivity index (χ0v) is 11.6. The number of hydrogen-bond acceptors (Lipinski definition) is 1. The summed E-state index contributed by atoms with van der Waals surface area (Å²) in [5.41, 5.74) is 0. The van der Waals surface area contributed by atoms with E-state index in [9.17, 15) is 0 Å². The van der Waals surface area contributed by atoms with Crippen LogP contribution in [0.25, 0.3) is 0 Å². The molecule has 0 fully saturated rings. The summed E-state index contributed by atoms with van der Waals surface area (Å²) in [5, 5.41) is 0. The first-order valence-electron chi connectivity index (χ1n) is 5.71. The minimum Gasteiger partial charge on any atom is -0.411 e. The molecule has 0 spiro atoms. The van der Waals surface area contributed by atoms with Crippen LogP contribution in [0.15, 0.2) is 12.2 Å². The molecule has 84 valence electrons. The summed E-state index contributed by atoms with van der Waals surface area (Å²) in [6, 6.07) is 0. The molecule has 0 aromatic heterocycles. The number of rotatable bonds is 6. The smallest absolute Gasteiger partial charge is 0.184 e. The second-order valence-corrected chi connectivity index (χ2v) is 9.45. The summed E-state index contributed by atoms with van der Waals surface area (Å²) in [7, 11) is -1.40. The molecule has 2 unspecified atom stereocenters. The van der Waals surface area contributed by atoms with Crippen LogP contribution in [0.5, 0.6) is 0 Å². The normalized spacial score (nSPS) is 17.3. The third-order valence-corrected chi connectivity index (χ3v) is 3.16. The van der Waals surface area contributed by atoms with E-state index < -0.39 is 8.32 Å². The van der Waals surface area contributed by atoms with Gasteiger partial charge in [0.05, 0.1) is 6.10 Å². The fourth-order valence-electron chi connectivity index (χ4n) is 1.56. The summed E-state index contributed by atoms with van der Waals surface area (Å²) in [5.74, 6) is 0.642. The molecule has 0 amide bonds. The van der Waals surface area contributed by atoms with Gasteiger partial charge in [-0.15, -0.1) is 0 Å². The molecule has 14 heavy (non-hydrogen) atoms. The molecule has 0 saturated carbocycles. The van der Waals surface area contributed by atoms with Crippen LogP contribution >= 0.6 is 0 Å². The molecule has 1 nitrogen and oxygen atoms in total. The van der Waals surface area contributed by atoms with Crippen molar-refractivity contribution < 1.29 is 4.43 Å². The van der Waals surface area contributed by atoms with Crippen LogP contribution in [-0.2, 0) is 4.43 Å². The van der Waals surface area contributed by atoms with Crippen molar-refractivity contribution in [1.29, 1.82) is 0 Å². The van der Waals surface area contributed by atoms with Crippen molar-refractivity contribution in [3.63, 3.8) is 0 Å². The quantitative estimate of drug-likeness (QED) is 0.475. The van der Waals surface area contributed by atoms with Crippen molar-refractivity contribution in [2.24, 2.45) is 5.92 Å². The molecule has 0 radical (unpaired) electrons. The molecule has 0 N–H and O–H groups in total. The molecule has 0 bridgehead atoms. The first kappa shape index (κ1) is 13.9. The standard InChI is InChI=1S/C12H26OSi/c1-7-9-11(3)12(10-8-2)13-14(4,5)6/h8,10-12H,7,9H2,1-6H3/b10-8-. The fourth-order valence-corrected chi connectivity index (χ4v) is 2.69. The van der Waals surface area contributed by atoms with Gasteiger partial charge in [-0.05, 0) is 38.9 Å². The third kappa shape index (κ3) is 6.38. The lowest BCUT2D eigenvalue weighted by atomic mass is 9.99. The Bertz CT molecular complexity index is 170. The van der Waals surface area contributed by atoms with E-state index in [1.165, 1.54) is 12.8 Å². The maximum absolute atomic E-state index is 6.14. The lowest BCUT2D eigenvalue weighted by molar-refractivity contribution is 0.173. The Balaban J connectivity index is 4.28. The Kier molecular flexibility index (Phi) is 6.37. The highest BCUT2D eigenvalue weighted by Gasteiger charge is 2.22. The summed E-state index contributed by atoms with van der Waals surface area (Å²) >= 11 is 0. The Morgan fingerprint density at radius 3 is 2.21 bits per heavy atom. The lowest BCUT2D eigenvalue weighted by Crippen LogP contribution is -2.34. The van der Waals surface area contributed by atoms with Crippen molar-refractivity contribution >= 4 is 8.32 Å². The summed E-state index contributed by atoms with van der Waals surface area (Å²) < 4.78 is 6.14. The van der Waals surface area contributed by atoms with E-state index in [0.29, 0.717) is 12.0 Å². The van der Waals surface area contributed by atoms with Crippen LogP contribution in [-0.4, -0.2) is 14.4 Å². The summed E-state index contributed by atoms with van der Waals surface area (Å²) in [6.07, 6.45) is 7.13. The molecule has 0 heterocycles. The highest BCUT2D eigenvalue weighted by molar-refractivity contribution is 6.69. The van der Waals surface area contributed by atoms with Crippen LogP contribution in [0.4, 0.5) is 0 Å². The SMILES string of the molecule is C/C=C\C(O[Si](C)(C)C)C(C)CCC. The topological polar surface area (TPSA) is 9.23 Å². The molecule has 2 atom stereocenters. The van der Waals surface area contributed by atoms with E-state index in [1.807, 2.05) is 0 Å². The number of hydrogen-bond donors (Lipinski definition) is 0. The second-order valence-electron chi connectivity index (χ2n) is 4.99. The van der Waals surface area contributed by atoms with E-state index in [4.69, 9.17) is 4.43 Å². The molecule has 2 heteroatoms. The lowest BCUT2D eigenvalue weighted by Gasteiger charge is -2.28. The maximum atomic E-state index is 6.14. The van der Waals surface area contributed by atoms with Crippen molar-refractivity contribution in [3.8, 4) is 0 Å². The molecular weight excluding hydrogens is 188 g/mol. The molecule has 0 saturated heterocycles. The van der Waals surface area contributed by atoms with Crippen molar-refractivity contribution in [3.05, 3.63) is 12.2 Å². The van der Waals surface area contributed by atoms with Crippen LogP contribution in [0.3, 0.4) is 0 Å². The van der Waals surface area contributed by atoms with Crippen molar-refractivity contribution in [1.82, 2.24) is 0 Å². The van der Waals surface area contributed by atoms with Crippen LogP contribution in [0.1, 0.15) is 33.6 Å². The second kappa shape index (κ2) is 6.41. The molecule has 0 aromatic rings. The zero-order valence-electron chi connectivity index (χ0n) is 10.6. The van der Waals surface area contributed by atoms with Crippen LogP contribution in [0, 0.1) is 5.92 Å². The minimum atomic E-state index is -1.40. The predicted molar refractivity (Wildman–Crippen MR) is 67.1 cm³/mol. The average Bonchev–Trinajstić information content (AvgIpc) is 2.01. The van der Waals surface area contributed by atoms with Crippen LogP contribution < -0.4 is 0 Å². The van der Waals surface area contributed by atoms with Gasteiger partial charge in [0.15, 0.2) is 8.32 Å². The van der Waals surface area contributed by atoms with Gasteiger partial charge in [-0.25, -0.2) is 0 Å². The van der Waals surface area contributed by atoms with E-state index in [1.54, 1.807) is 0 Å². The van der Waals surface area contributed by atoms with E-state index in [2.05, 4.69) is 52.6 Å². The number of allylic oxidation sites excluding steroid dienone is 1. The van der Waals surface area contributed by atoms with Gasteiger partial charge in [0, 0.05) is 0 Å². The van der Waals surface area contributed by atoms with Gasteiger partial charge in [0.25, 0.3) is 0 Å². The Labute approximate surface area is 90.7 Å². The third-order valence-electron chi connectivity index (χ3n) is 2.18. The van der Waals surface area contributed by atoms with E-state index in [0.717, 1.165) is 0 Å². The maximum Gasteiger partial charge on any atom is 0.184 e. The van der Waals surface area contributed by atoms with Gasteiger partial charge in [-0.3, -0.25) is 0 Å². The average molecular weight is 214 g/mol. The minimum absolute atomic E-state index is 0.326. The van der Waals surface area contributed by atoms with Gasteiger partial charge >= 0.3 is 0 Å². The van der Waals surface area contributed by atoms with E-state index in [-0.39, 0.29) is 0 Å². The molecule has 0 aliphatic rings. The molecule has 0 rings (SSSR count). The largest absolute Gasteiger partial charge is 0.411 e. The fraction of sp³-hybridized carbons (Fsp3) is 0.833. The molecule has 0 aliphatic carbocycles. The zero-order chi connectivity index (χ0) is 11.2. The van der Waals surface area contributed by atoms with Gasteiger partial charge in [-0.1, -0.05) is 32.4 Å². The van der Waals surface area contributed by atoms with Gasteiger partial charge < -0.3 is 4.43 Å². The summed E-state index contributed by atoms with van der Waals surface area (Å²) in [4.78, 5) is 0. The van der Waals surface area contributed by atoms with Gasteiger partial charge in [0.1, 0.15) is 0 Å². The Morgan fingerprint density at radius 1 is 1.29 bits per heavy atom. The molecule has 0 aliphatic heterocycles. The first-order chi connectivity index (χ1) is 6.40. The Morgan fingerprint density at radius 2 is 1.86 bits per heavy atom. The predicted octanol–water partition coefficient (Wildman–Crippen LogP) is 4.22. The highest BCUT2D eigenvalue weighted by Crippen LogP contribution is 2.19. The van der Waals surface area contributed by atoms with Gasteiger partial charge in [0.2, 0.25) is 0 Å². The Hall–Kier alpha value is -0.0831. The van der Waals surface area contributed by atoms with Gasteiger partial charge in [-0.2, -0.15) is 0 Å².